The van der Waals surface area contributed by atoms with Crippen molar-refractivity contribution in [1.82, 2.24) is 10.2 Å². The first-order valence-electron chi connectivity index (χ1n) is 7.10. The molecule has 1 fully saturated rings. The van der Waals surface area contributed by atoms with Crippen LogP contribution in [0.5, 0.6) is 0 Å². The Morgan fingerprint density at radius 1 is 1.29 bits per heavy atom. The largest absolute Gasteiger partial charge is 0.381 e. The minimum atomic E-state index is -0.185. The molecular formula is C16H17ClN2O2. The highest BCUT2D eigenvalue weighted by atomic mass is 35.5. The smallest absolute Gasteiger partial charge is 0.272 e. The summed E-state index contributed by atoms with van der Waals surface area (Å²) in [6, 6.07) is 7.45. The van der Waals surface area contributed by atoms with Gasteiger partial charge >= 0.3 is 0 Å². The average Bonchev–Trinajstić information content (AvgIpc) is 2.51. The van der Waals surface area contributed by atoms with Crippen molar-refractivity contribution in [3.05, 3.63) is 50.9 Å². The monoisotopic (exact) mass is 304 g/mol. The van der Waals surface area contributed by atoms with Gasteiger partial charge < -0.3 is 4.74 Å². The molecule has 0 saturated carbocycles. The van der Waals surface area contributed by atoms with Gasteiger partial charge in [-0.1, -0.05) is 29.8 Å². The van der Waals surface area contributed by atoms with Crippen LogP contribution in [0.4, 0.5) is 0 Å². The van der Waals surface area contributed by atoms with E-state index in [0.29, 0.717) is 16.5 Å². The van der Waals surface area contributed by atoms with Crippen molar-refractivity contribution in [3.63, 3.8) is 0 Å². The number of aromatic nitrogens is 2. The fourth-order valence-corrected chi connectivity index (χ4v) is 3.20. The van der Waals surface area contributed by atoms with Crippen molar-refractivity contribution >= 4 is 11.6 Å². The quantitative estimate of drug-likeness (QED) is 0.926. The lowest BCUT2D eigenvalue weighted by molar-refractivity contribution is 0.0852. The maximum absolute atomic E-state index is 12.4. The number of nitrogens with one attached hydrogen (secondary N) is 1. The highest BCUT2D eigenvalue weighted by Gasteiger charge is 2.25. The van der Waals surface area contributed by atoms with Crippen molar-refractivity contribution in [2.45, 2.75) is 25.7 Å². The molecule has 0 atom stereocenters. The summed E-state index contributed by atoms with van der Waals surface area (Å²) in [5.41, 5.74) is 3.11. The van der Waals surface area contributed by atoms with Gasteiger partial charge in [-0.3, -0.25) is 4.79 Å². The number of aryl methyl sites for hydroxylation is 1. The second-order valence-corrected chi connectivity index (χ2v) is 5.70. The number of hydrogen-bond donors (Lipinski definition) is 1. The van der Waals surface area contributed by atoms with Gasteiger partial charge in [0.1, 0.15) is 0 Å². The predicted molar refractivity (Wildman–Crippen MR) is 82.8 cm³/mol. The average molecular weight is 305 g/mol. The Kier molecular flexibility index (Phi) is 4.08. The molecule has 1 aliphatic heterocycles. The van der Waals surface area contributed by atoms with Gasteiger partial charge in [-0.15, -0.1) is 0 Å². The number of halogens is 1. The molecule has 1 saturated heterocycles. The van der Waals surface area contributed by atoms with E-state index < -0.39 is 0 Å². The fourth-order valence-electron chi connectivity index (χ4n) is 2.97. The number of aromatic amines is 1. The van der Waals surface area contributed by atoms with Gasteiger partial charge in [-0.25, -0.2) is 5.10 Å². The van der Waals surface area contributed by atoms with Gasteiger partial charge in [0.25, 0.3) is 5.56 Å². The molecule has 110 valence electrons. The van der Waals surface area contributed by atoms with Crippen molar-refractivity contribution in [3.8, 4) is 11.1 Å². The molecule has 0 unspecified atom stereocenters. The van der Waals surface area contributed by atoms with E-state index in [-0.39, 0.29) is 5.56 Å². The van der Waals surface area contributed by atoms with Crippen LogP contribution in [-0.4, -0.2) is 23.4 Å². The summed E-state index contributed by atoms with van der Waals surface area (Å²) in [5, 5.41) is 7.31. The third-order valence-corrected chi connectivity index (χ3v) is 4.31. The van der Waals surface area contributed by atoms with Crippen LogP contribution in [0, 0.1) is 6.92 Å². The summed E-state index contributed by atoms with van der Waals surface area (Å²) in [6.45, 7) is 3.37. The van der Waals surface area contributed by atoms with Crippen molar-refractivity contribution < 1.29 is 4.74 Å². The van der Waals surface area contributed by atoms with Crippen molar-refractivity contribution in [1.29, 1.82) is 0 Å². The van der Waals surface area contributed by atoms with Crippen LogP contribution in [0.25, 0.3) is 11.1 Å². The summed E-state index contributed by atoms with van der Waals surface area (Å²) in [7, 11) is 0. The number of rotatable bonds is 2. The van der Waals surface area contributed by atoms with E-state index in [1.54, 1.807) is 6.07 Å². The first kappa shape index (κ1) is 14.3. The van der Waals surface area contributed by atoms with Gasteiger partial charge in [0.2, 0.25) is 0 Å². The van der Waals surface area contributed by atoms with Gasteiger partial charge in [-0.05, 0) is 37.3 Å². The topological polar surface area (TPSA) is 55.0 Å². The van der Waals surface area contributed by atoms with E-state index in [1.807, 2.05) is 25.1 Å². The van der Waals surface area contributed by atoms with Crippen LogP contribution in [0.3, 0.4) is 0 Å². The van der Waals surface area contributed by atoms with Crippen LogP contribution < -0.4 is 5.56 Å². The zero-order valence-corrected chi connectivity index (χ0v) is 12.6. The first-order chi connectivity index (χ1) is 10.2. The number of H-pyrrole nitrogens is 1. The van der Waals surface area contributed by atoms with Gasteiger partial charge in [0, 0.05) is 23.8 Å². The molecule has 1 N–H and O–H groups in total. The van der Waals surface area contributed by atoms with Crippen LogP contribution >= 0.6 is 11.6 Å². The summed E-state index contributed by atoms with van der Waals surface area (Å²) in [5.74, 6) is 0.292. The Hall–Kier alpha value is -1.65. The Morgan fingerprint density at radius 2 is 2.00 bits per heavy atom. The summed E-state index contributed by atoms with van der Waals surface area (Å²) in [6.07, 6.45) is 1.81. The SMILES string of the molecule is Cc1n[nH]c(=O)c(-c2ccccc2Cl)c1C1CCOCC1. The normalized spacial score (nSPS) is 16.1. The molecule has 5 heteroatoms. The molecule has 1 aliphatic rings. The van der Waals surface area contributed by atoms with Gasteiger partial charge in [0.15, 0.2) is 0 Å². The molecule has 3 rings (SSSR count). The molecule has 4 nitrogen and oxygen atoms in total. The summed E-state index contributed by atoms with van der Waals surface area (Å²) < 4.78 is 5.43. The zero-order chi connectivity index (χ0) is 14.8. The molecule has 0 aliphatic carbocycles. The highest BCUT2D eigenvalue weighted by molar-refractivity contribution is 6.33. The zero-order valence-electron chi connectivity index (χ0n) is 11.9. The molecule has 0 radical (unpaired) electrons. The fraction of sp³-hybridized carbons (Fsp3) is 0.375. The molecule has 1 aromatic carbocycles. The predicted octanol–water partition coefficient (Wildman–Crippen LogP) is 3.29. The number of ether oxygens (including phenoxy) is 1. The summed E-state index contributed by atoms with van der Waals surface area (Å²) in [4.78, 5) is 12.4. The van der Waals surface area contributed by atoms with E-state index in [1.165, 1.54) is 0 Å². The molecule has 0 spiro atoms. The van der Waals surface area contributed by atoms with Crippen molar-refractivity contribution in [2.75, 3.05) is 13.2 Å². The van der Waals surface area contributed by atoms with E-state index in [4.69, 9.17) is 16.3 Å². The maximum Gasteiger partial charge on any atom is 0.272 e. The minimum absolute atomic E-state index is 0.185. The maximum atomic E-state index is 12.4. The first-order valence-corrected chi connectivity index (χ1v) is 7.48. The minimum Gasteiger partial charge on any atom is -0.381 e. The third kappa shape index (κ3) is 2.74. The van der Waals surface area contributed by atoms with Crippen LogP contribution in [0.15, 0.2) is 29.1 Å². The highest BCUT2D eigenvalue weighted by Crippen LogP contribution is 2.36. The molecule has 1 aromatic heterocycles. The Morgan fingerprint density at radius 3 is 2.71 bits per heavy atom. The Balaban J connectivity index is 2.21. The van der Waals surface area contributed by atoms with Crippen LogP contribution in [-0.2, 0) is 4.74 Å². The lowest BCUT2D eigenvalue weighted by atomic mass is 9.86. The van der Waals surface area contributed by atoms with Gasteiger partial charge in [-0.2, -0.15) is 5.10 Å². The second-order valence-electron chi connectivity index (χ2n) is 5.29. The summed E-state index contributed by atoms with van der Waals surface area (Å²) >= 11 is 6.30. The molecular weight excluding hydrogens is 288 g/mol. The van der Waals surface area contributed by atoms with E-state index in [2.05, 4.69) is 10.2 Å². The molecule has 21 heavy (non-hydrogen) atoms. The number of benzene rings is 1. The molecule has 0 bridgehead atoms. The third-order valence-electron chi connectivity index (χ3n) is 3.98. The standard InChI is InChI=1S/C16H17ClN2O2/c1-10-14(11-6-8-21-9-7-11)15(16(20)19-18-10)12-4-2-3-5-13(12)17/h2-5,11H,6-9H2,1H3,(H,19,20). The van der Waals surface area contributed by atoms with Gasteiger partial charge in [0.05, 0.1) is 11.3 Å². The van der Waals surface area contributed by atoms with E-state index in [9.17, 15) is 4.79 Å². The number of hydrogen-bond acceptors (Lipinski definition) is 3. The number of nitrogens with zero attached hydrogens (tertiary/aromatic N) is 1. The Bertz CT molecular complexity index is 706. The lowest BCUT2D eigenvalue weighted by Gasteiger charge is -2.25. The molecule has 2 aromatic rings. The van der Waals surface area contributed by atoms with E-state index >= 15 is 0 Å². The second kappa shape index (κ2) is 6.00. The Labute approximate surface area is 128 Å². The van der Waals surface area contributed by atoms with Crippen LogP contribution in [0.2, 0.25) is 5.02 Å². The van der Waals surface area contributed by atoms with E-state index in [0.717, 1.165) is 42.9 Å². The lowest BCUT2D eigenvalue weighted by Crippen LogP contribution is -2.22. The molecule has 2 heterocycles. The molecule has 0 amide bonds. The van der Waals surface area contributed by atoms with Crippen LogP contribution in [0.1, 0.15) is 30.0 Å². The van der Waals surface area contributed by atoms with Crippen molar-refractivity contribution in [2.24, 2.45) is 0 Å².